The number of aromatic nitrogens is 1. The molecule has 1 aromatic heterocycles. The molecule has 0 aliphatic carbocycles. The minimum Gasteiger partial charge on any atom is -0.398 e. The Labute approximate surface area is 173 Å². The van der Waals surface area contributed by atoms with Crippen LogP contribution in [-0.2, 0) is 0 Å². The van der Waals surface area contributed by atoms with Crippen LogP contribution in [0.3, 0.4) is 0 Å². The summed E-state index contributed by atoms with van der Waals surface area (Å²) in [5.41, 5.74) is 14.3. The Morgan fingerprint density at radius 1 is 1.21 bits per heavy atom. The fourth-order valence-electron chi connectivity index (χ4n) is 3.02. The molecule has 0 amide bonds. The summed E-state index contributed by atoms with van der Waals surface area (Å²) in [6.07, 6.45) is 5.75. The Balaban J connectivity index is 2.05. The van der Waals surface area contributed by atoms with E-state index in [1.54, 1.807) is 24.4 Å². The lowest BCUT2D eigenvalue weighted by atomic mass is 9.91. The summed E-state index contributed by atoms with van der Waals surface area (Å²) < 4.78 is 13.4. The molecule has 29 heavy (non-hydrogen) atoms. The monoisotopic (exact) mass is 407 g/mol. The average molecular weight is 408 g/mol. The van der Waals surface area contributed by atoms with Gasteiger partial charge in [0, 0.05) is 29.2 Å². The van der Waals surface area contributed by atoms with Crippen LogP contribution >= 0.6 is 11.6 Å². The Hall–Kier alpha value is -3.51. The van der Waals surface area contributed by atoms with Crippen molar-refractivity contribution in [3.8, 4) is 22.3 Å². The second-order valence-electron chi connectivity index (χ2n) is 6.30. The highest BCUT2D eigenvalue weighted by atomic mass is 35.5. The molecule has 1 heterocycles. The maximum Gasteiger partial charge on any atom is 0.165 e. The Morgan fingerprint density at radius 2 is 2.00 bits per heavy atom. The van der Waals surface area contributed by atoms with E-state index in [1.807, 2.05) is 19.1 Å². The second kappa shape index (κ2) is 8.67. The number of nitrogens with zero attached hydrogens (tertiary/aromatic N) is 2. The van der Waals surface area contributed by atoms with Gasteiger partial charge in [-0.2, -0.15) is 5.10 Å². The molecule has 2 aromatic carbocycles. The van der Waals surface area contributed by atoms with E-state index >= 15 is 0 Å². The first kappa shape index (κ1) is 20.2. The minimum absolute atomic E-state index is 0.367. The van der Waals surface area contributed by atoms with Gasteiger partial charge in [0.2, 0.25) is 0 Å². The van der Waals surface area contributed by atoms with Crippen molar-refractivity contribution in [3.05, 3.63) is 71.1 Å². The van der Waals surface area contributed by atoms with E-state index in [-0.39, 0.29) is 5.82 Å². The van der Waals surface area contributed by atoms with Crippen LogP contribution in [0.2, 0.25) is 5.02 Å². The fraction of sp³-hybridized carbons (Fsp3) is 0.0455. The summed E-state index contributed by atoms with van der Waals surface area (Å²) in [6, 6.07) is 10.1. The van der Waals surface area contributed by atoms with Crippen LogP contribution in [-0.4, -0.2) is 17.4 Å². The number of halogens is 2. The molecule has 0 saturated carbocycles. The molecule has 0 aliphatic rings. The lowest BCUT2D eigenvalue weighted by Crippen LogP contribution is -1.97. The SMILES string of the molecule is C=Cc1cc(-c2cnc(N/N=C\C=N)c(Cl)c2)c(C)cc1-c1ccc(F)cc1N. The van der Waals surface area contributed by atoms with Crippen molar-refractivity contribution >= 4 is 41.6 Å². The van der Waals surface area contributed by atoms with Gasteiger partial charge in [-0.3, -0.25) is 5.43 Å². The fourth-order valence-corrected chi connectivity index (χ4v) is 3.23. The van der Waals surface area contributed by atoms with Crippen LogP contribution in [0.4, 0.5) is 15.9 Å². The molecule has 146 valence electrons. The largest absolute Gasteiger partial charge is 0.398 e. The van der Waals surface area contributed by atoms with Gasteiger partial charge in [0.1, 0.15) is 5.82 Å². The average Bonchev–Trinajstić information content (AvgIpc) is 2.69. The van der Waals surface area contributed by atoms with Crippen molar-refractivity contribution in [1.29, 1.82) is 5.41 Å². The highest BCUT2D eigenvalue weighted by molar-refractivity contribution is 6.33. The molecule has 0 spiro atoms. The summed E-state index contributed by atoms with van der Waals surface area (Å²) in [6.45, 7) is 5.87. The number of hydrogen-bond acceptors (Lipinski definition) is 5. The summed E-state index contributed by atoms with van der Waals surface area (Å²) in [5.74, 6) is 0.0185. The molecule has 3 aromatic rings. The van der Waals surface area contributed by atoms with Gasteiger partial charge in [0.05, 0.1) is 11.2 Å². The van der Waals surface area contributed by atoms with Gasteiger partial charge in [0.15, 0.2) is 5.82 Å². The molecule has 0 aliphatic heterocycles. The number of aryl methyl sites for hydroxylation is 1. The van der Waals surface area contributed by atoms with Crippen molar-refractivity contribution in [3.63, 3.8) is 0 Å². The highest BCUT2D eigenvalue weighted by Crippen LogP contribution is 2.36. The zero-order chi connectivity index (χ0) is 21.0. The van der Waals surface area contributed by atoms with Gasteiger partial charge in [-0.15, -0.1) is 0 Å². The third-order valence-corrected chi connectivity index (χ3v) is 4.68. The molecule has 0 bridgehead atoms. The van der Waals surface area contributed by atoms with Crippen LogP contribution in [0.25, 0.3) is 28.3 Å². The van der Waals surface area contributed by atoms with Gasteiger partial charge in [-0.05, 0) is 59.5 Å². The van der Waals surface area contributed by atoms with Gasteiger partial charge < -0.3 is 11.1 Å². The number of rotatable bonds is 6. The van der Waals surface area contributed by atoms with Crippen LogP contribution < -0.4 is 11.2 Å². The van der Waals surface area contributed by atoms with E-state index in [0.29, 0.717) is 16.5 Å². The van der Waals surface area contributed by atoms with Crippen LogP contribution in [0.5, 0.6) is 0 Å². The number of pyridine rings is 1. The number of nitrogen functional groups attached to an aromatic ring is 1. The lowest BCUT2D eigenvalue weighted by Gasteiger charge is -2.15. The maximum atomic E-state index is 13.4. The number of benzene rings is 2. The number of nitrogens with two attached hydrogens (primary N) is 1. The molecular formula is C22H19ClFN5. The van der Waals surface area contributed by atoms with Crippen LogP contribution in [0, 0.1) is 18.2 Å². The minimum atomic E-state index is -0.376. The van der Waals surface area contributed by atoms with Crippen LogP contribution in [0.15, 0.2) is 54.3 Å². The molecule has 5 nitrogen and oxygen atoms in total. The predicted molar refractivity (Wildman–Crippen MR) is 120 cm³/mol. The lowest BCUT2D eigenvalue weighted by molar-refractivity contribution is 0.628. The normalized spacial score (nSPS) is 10.9. The van der Waals surface area contributed by atoms with E-state index in [2.05, 4.69) is 22.1 Å². The smallest absolute Gasteiger partial charge is 0.165 e. The molecule has 7 heteroatoms. The molecule has 4 N–H and O–H groups in total. The van der Waals surface area contributed by atoms with Crippen molar-refractivity contribution in [2.75, 3.05) is 11.2 Å². The van der Waals surface area contributed by atoms with Crippen LogP contribution in [0.1, 0.15) is 11.1 Å². The zero-order valence-corrected chi connectivity index (χ0v) is 16.5. The van der Waals surface area contributed by atoms with Gasteiger partial charge in [-0.25, -0.2) is 9.37 Å². The summed E-state index contributed by atoms with van der Waals surface area (Å²) >= 11 is 6.32. The molecule has 0 saturated heterocycles. The molecule has 3 rings (SSSR count). The van der Waals surface area contributed by atoms with Gasteiger partial charge >= 0.3 is 0 Å². The molecule has 0 atom stereocenters. The molecular weight excluding hydrogens is 389 g/mol. The number of anilines is 2. The first-order valence-electron chi connectivity index (χ1n) is 8.71. The Morgan fingerprint density at radius 3 is 2.66 bits per heavy atom. The van der Waals surface area contributed by atoms with Crippen molar-refractivity contribution in [2.45, 2.75) is 6.92 Å². The first-order chi connectivity index (χ1) is 13.9. The van der Waals surface area contributed by atoms with Crippen molar-refractivity contribution in [1.82, 2.24) is 4.98 Å². The molecule has 0 unspecified atom stereocenters. The Kier molecular flexibility index (Phi) is 6.04. The highest BCUT2D eigenvalue weighted by Gasteiger charge is 2.13. The molecule has 0 radical (unpaired) electrons. The maximum absolute atomic E-state index is 13.4. The predicted octanol–water partition coefficient (Wildman–Crippen LogP) is 5.79. The van der Waals surface area contributed by atoms with Crippen molar-refractivity contribution in [2.24, 2.45) is 5.10 Å². The van der Waals surface area contributed by atoms with Crippen molar-refractivity contribution < 1.29 is 4.39 Å². The first-order valence-corrected chi connectivity index (χ1v) is 9.09. The zero-order valence-electron chi connectivity index (χ0n) is 15.7. The summed E-state index contributed by atoms with van der Waals surface area (Å²) in [5, 5.41) is 11.1. The second-order valence-corrected chi connectivity index (χ2v) is 6.71. The third-order valence-electron chi connectivity index (χ3n) is 4.39. The number of hydrazone groups is 1. The number of hydrogen-bond donors (Lipinski definition) is 3. The van der Waals surface area contributed by atoms with E-state index in [4.69, 9.17) is 22.7 Å². The van der Waals surface area contributed by atoms with Gasteiger partial charge in [0.25, 0.3) is 0 Å². The standard InChI is InChI=1S/C22H19ClFN5/c1-3-14-9-18(15-10-20(23)22(27-12-15)29-28-7-6-25)13(2)8-19(14)17-5-4-16(24)11-21(17)26/h3-12,25H,1,26H2,2H3,(H,27,29)/b25-6?,28-7-. The molecule has 0 fully saturated rings. The quantitative estimate of drug-likeness (QED) is 0.274. The summed E-state index contributed by atoms with van der Waals surface area (Å²) in [4.78, 5) is 4.31. The van der Waals surface area contributed by atoms with E-state index < -0.39 is 0 Å². The third kappa shape index (κ3) is 4.33. The van der Waals surface area contributed by atoms with E-state index in [9.17, 15) is 4.39 Å². The topological polar surface area (TPSA) is 87.2 Å². The van der Waals surface area contributed by atoms with Gasteiger partial charge in [-0.1, -0.05) is 30.3 Å². The summed E-state index contributed by atoms with van der Waals surface area (Å²) in [7, 11) is 0. The van der Waals surface area contributed by atoms with E-state index in [0.717, 1.165) is 39.6 Å². The van der Waals surface area contributed by atoms with E-state index in [1.165, 1.54) is 18.3 Å². The Bertz CT molecular complexity index is 1120. The number of nitrogens with one attached hydrogen (secondary N) is 2.